The van der Waals surface area contributed by atoms with Crippen molar-refractivity contribution in [2.75, 3.05) is 0 Å². The number of aromatic nitrogens is 1. The van der Waals surface area contributed by atoms with Crippen molar-refractivity contribution in [1.82, 2.24) is 14.8 Å². The average Bonchev–Trinajstić information content (AvgIpc) is 3.66. The number of hydrogen-bond donors (Lipinski definition) is 3. The maximum absolute atomic E-state index is 13.5. The summed E-state index contributed by atoms with van der Waals surface area (Å²) >= 11 is 0.938. The number of rotatable bonds is 6. The second-order valence-electron chi connectivity index (χ2n) is 7.72. The second kappa shape index (κ2) is 9.43. The molecule has 1 atom stereocenters. The van der Waals surface area contributed by atoms with E-state index in [1.54, 1.807) is 30.3 Å². The summed E-state index contributed by atoms with van der Waals surface area (Å²) in [5.74, 6) is -1.57. The molecule has 1 aliphatic rings. The number of furan rings is 2. The number of nitrogens with zero attached hydrogens (tertiary/aromatic N) is 2. The van der Waals surface area contributed by atoms with E-state index in [0.717, 1.165) is 15.9 Å². The molecule has 11 nitrogen and oxygen atoms in total. The first-order valence-corrected chi connectivity index (χ1v) is 12.9. The first-order valence-electron chi connectivity index (χ1n) is 10.6. The first-order chi connectivity index (χ1) is 17.8. The normalized spacial score (nSPS) is 15.9. The Morgan fingerprint density at radius 2 is 1.84 bits per heavy atom. The van der Waals surface area contributed by atoms with Crippen molar-refractivity contribution in [1.29, 1.82) is 5.26 Å². The lowest BCUT2D eigenvalue weighted by Gasteiger charge is -2.23. The van der Waals surface area contributed by atoms with Crippen molar-refractivity contribution in [2.24, 2.45) is 5.73 Å². The predicted molar refractivity (Wildman–Crippen MR) is 133 cm³/mol. The van der Waals surface area contributed by atoms with Crippen LogP contribution in [0.5, 0.6) is 0 Å². The Morgan fingerprint density at radius 3 is 2.49 bits per heavy atom. The van der Waals surface area contributed by atoms with Gasteiger partial charge in [-0.1, -0.05) is 18.2 Å². The van der Waals surface area contributed by atoms with E-state index in [1.165, 1.54) is 42.9 Å². The van der Waals surface area contributed by atoms with E-state index in [-0.39, 0.29) is 36.8 Å². The fraction of sp³-hybridized carbons (Fsp3) is 0.0417. The number of thiazole rings is 1. The van der Waals surface area contributed by atoms with Crippen LogP contribution in [0, 0.1) is 11.3 Å². The molecule has 0 bridgehead atoms. The molecule has 0 spiro atoms. The molecule has 1 aromatic carbocycles. The monoisotopic (exact) mass is 535 g/mol. The van der Waals surface area contributed by atoms with Crippen LogP contribution in [0.15, 0.2) is 91.2 Å². The van der Waals surface area contributed by atoms with Crippen LogP contribution >= 0.6 is 11.3 Å². The lowest BCUT2D eigenvalue weighted by atomic mass is 9.87. The van der Waals surface area contributed by atoms with E-state index in [4.69, 9.17) is 14.6 Å². The highest BCUT2D eigenvalue weighted by Gasteiger charge is 2.37. The van der Waals surface area contributed by atoms with Gasteiger partial charge in [-0.05, 0) is 36.4 Å². The molecule has 4 heterocycles. The Balaban J connectivity index is 1.69. The number of carbonyl (C=O) groups is 1. The van der Waals surface area contributed by atoms with Crippen molar-refractivity contribution in [3.8, 4) is 6.07 Å². The average molecular weight is 536 g/mol. The molecule has 13 heteroatoms. The van der Waals surface area contributed by atoms with Gasteiger partial charge in [-0.15, -0.1) is 16.2 Å². The fourth-order valence-corrected chi connectivity index (χ4v) is 5.86. The largest absolute Gasteiger partial charge is 0.468 e. The van der Waals surface area contributed by atoms with E-state index < -0.39 is 27.4 Å². The molecule has 0 saturated heterocycles. The van der Waals surface area contributed by atoms with Crippen molar-refractivity contribution in [3.63, 3.8) is 0 Å². The number of carbonyl (C=O) groups excluding carboxylic acids is 1. The highest BCUT2D eigenvalue weighted by molar-refractivity contribution is 7.89. The quantitative estimate of drug-likeness (QED) is 0.300. The Morgan fingerprint density at radius 1 is 1.11 bits per heavy atom. The summed E-state index contributed by atoms with van der Waals surface area (Å²) in [5, 5.41) is 9.95. The third-order valence-corrected chi connectivity index (χ3v) is 7.88. The molecule has 4 aromatic rings. The van der Waals surface area contributed by atoms with Crippen molar-refractivity contribution < 1.29 is 22.0 Å². The van der Waals surface area contributed by atoms with Crippen molar-refractivity contribution in [3.05, 3.63) is 104 Å². The molecule has 5 rings (SSSR count). The minimum atomic E-state index is -4.11. The number of benzene rings is 1. The third-order valence-electron chi connectivity index (χ3n) is 5.51. The van der Waals surface area contributed by atoms with Gasteiger partial charge in [0.2, 0.25) is 0 Å². The van der Waals surface area contributed by atoms with E-state index in [0.29, 0.717) is 5.76 Å². The standard InChI is InChI=1S/C24H17N5O6S2/c25-13-16-19(17-9-5-11-35-17)20(22(30)27-28-37(32,33)15-7-2-1-3-8-15)24-29(21(16)26)23(31)18(36-24)12-14-6-4-10-34-14/h1-12,19,28H,26H2,(H,27,30)/b18-12+. The topological polar surface area (TPSA) is 173 Å². The van der Waals surface area contributed by atoms with Gasteiger partial charge in [-0.2, -0.15) is 5.26 Å². The number of sulfonamides is 1. The number of hydrazine groups is 1. The number of allylic oxidation sites excluding steroid dienone is 1. The Labute approximate surface area is 213 Å². The van der Waals surface area contributed by atoms with Crippen LogP contribution in [0.3, 0.4) is 0 Å². The Hall–Kier alpha value is -4.64. The van der Waals surface area contributed by atoms with Crippen LogP contribution < -0.4 is 30.7 Å². The smallest absolute Gasteiger partial charge is 0.274 e. The summed E-state index contributed by atoms with van der Waals surface area (Å²) in [6, 6.07) is 15.8. The minimum Gasteiger partial charge on any atom is -0.468 e. The van der Waals surface area contributed by atoms with E-state index in [1.807, 2.05) is 6.07 Å². The molecule has 0 aliphatic carbocycles. The van der Waals surface area contributed by atoms with Crippen molar-refractivity contribution in [2.45, 2.75) is 10.8 Å². The number of fused-ring (bicyclic) bond motifs is 1. The minimum absolute atomic E-state index is 0.0725. The van der Waals surface area contributed by atoms with Gasteiger partial charge in [0.15, 0.2) is 0 Å². The van der Waals surface area contributed by atoms with Gasteiger partial charge in [0.25, 0.3) is 21.5 Å². The highest BCUT2D eigenvalue weighted by Crippen LogP contribution is 2.36. The number of amides is 1. The lowest BCUT2D eigenvalue weighted by Crippen LogP contribution is -2.46. The van der Waals surface area contributed by atoms with E-state index >= 15 is 0 Å². The Kier molecular flexibility index (Phi) is 6.14. The molecule has 1 amide bonds. The first kappa shape index (κ1) is 24.1. The molecule has 0 saturated carbocycles. The van der Waals surface area contributed by atoms with Gasteiger partial charge < -0.3 is 14.6 Å². The summed E-state index contributed by atoms with van der Waals surface area (Å²) in [6.07, 6.45) is 4.28. The second-order valence-corrected chi connectivity index (χ2v) is 10.4. The van der Waals surface area contributed by atoms with E-state index in [2.05, 4.69) is 10.3 Å². The molecular weight excluding hydrogens is 518 g/mol. The molecule has 1 unspecified atom stereocenters. The molecule has 3 aromatic heterocycles. The molecule has 1 aliphatic heterocycles. The summed E-state index contributed by atoms with van der Waals surface area (Å²) in [5.41, 5.74) is 7.67. The molecule has 0 fully saturated rings. The summed E-state index contributed by atoms with van der Waals surface area (Å²) in [6.45, 7) is 0. The summed E-state index contributed by atoms with van der Waals surface area (Å²) in [4.78, 5) is 28.8. The number of nitrogens with two attached hydrogens (primary N) is 1. The zero-order valence-electron chi connectivity index (χ0n) is 18.7. The molecule has 4 N–H and O–H groups in total. The maximum atomic E-state index is 13.5. The fourth-order valence-electron chi connectivity index (χ4n) is 3.85. The van der Waals surface area contributed by atoms with Gasteiger partial charge in [0.05, 0.1) is 45.1 Å². The van der Waals surface area contributed by atoms with Gasteiger partial charge in [0, 0.05) is 6.08 Å². The maximum Gasteiger partial charge on any atom is 0.274 e. The molecule has 186 valence electrons. The lowest BCUT2D eigenvalue weighted by molar-refractivity contribution is -0.116. The molecule has 0 radical (unpaired) electrons. The van der Waals surface area contributed by atoms with Crippen LogP contribution in [-0.4, -0.2) is 18.9 Å². The third kappa shape index (κ3) is 4.29. The van der Waals surface area contributed by atoms with Crippen molar-refractivity contribution >= 4 is 44.7 Å². The number of hydrogen-bond acceptors (Lipinski definition) is 9. The van der Waals surface area contributed by atoms with Crippen LogP contribution in [0.1, 0.15) is 17.4 Å². The van der Waals surface area contributed by atoms with Gasteiger partial charge in [0.1, 0.15) is 22.0 Å². The van der Waals surface area contributed by atoms with Crippen LogP contribution in [0.4, 0.5) is 0 Å². The van der Waals surface area contributed by atoms with Crippen LogP contribution in [-0.2, 0) is 14.8 Å². The number of nitrogens with one attached hydrogen (secondary N) is 2. The van der Waals surface area contributed by atoms with E-state index in [9.17, 15) is 23.3 Å². The number of nitriles is 1. The molecule has 37 heavy (non-hydrogen) atoms. The van der Waals surface area contributed by atoms with Gasteiger partial charge in [-0.25, -0.2) is 8.42 Å². The summed E-state index contributed by atoms with van der Waals surface area (Å²) in [7, 11) is -4.11. The van der Waals surface area contributed by atoms with Gasteiger partial charge >= 0.3 is 0 Å². The summed E-state index contributed by atoms with van der Waals surface area (Å²) < 4.78 is 37.5. The van der Waals surface area contributed by atoms with Crippen LogP contribution in [0.25, 0.3) is 17.5 Å². The molecular formula is C24H17N5O6S2. The zero-order chi connectivity index (χ0) is 26.2. The Bertz CT molecular complexity index is 1840. The predicted octanol–water partition coefficient (Wildman–Crippen LogP) is 0.533. The SMILES string of the molecule is N#CC1=C(N)n2c(s/c(=C/c3ccco3)c2=O)=C(C(=O)NNS(=O)(=O)c2ccccc2)C1c1ccco1. The van der Waals surface area contributed by atoms with Crippen LogP contribution in [0.2, 0.25) is 0 Å². The van der Waals surface area contributed by atoms with Gasteiger partial charge in [-0.3, -0.25) is 19.6 Å². The highest BCUT2D eigenvalue weighted by atomic mass is 32.2. The zero-order valence-corrected chi connectivity index (χ0v) is 20.4.